The van der Waals surface area contributed by atoms with E-state index in [0.29, 0.717) is 18.0 Å². The number of piperidine rings is 1. The maximum atomic E-state index is 12.9. The Bertz CT molecular complexity index is 329. The Kier molecular flexibility index (Phi) is 6.53. The van der Waals surface area contributed by atoms with Crippen molar-refractivity contribution in [2.75, 3.05) is 6.54 Å². The van der Waals surface area contributed by atoms with Crippen LogP contribution in [0.25, 0.3) is 0 Å². The molecule has 0 aromatic carbocycles. The zero-order valence-electron chi connectivity index (χ0n) is 14.2. The van der Waals surface area contributed by atoms with Crippen molar-refractivity contribution in [3.8, 4) is 0 Å². The molecule has 0 aromatic rings. The van der Waals surface area contributed by atoms with Gasteiger partial charge in [0.2, 0.25) is 5.91 Å². The summed E-state index contributed by atoms with van der Waals surface area (Å²) < 4.78 is 0. The minimum absolute atomic E-state index is 0.0772. The first kappa shape index (κ1) is 16.8. The standard InChI is InChI=1S/C18H34N2O/c1-4-5-8-13-20(14(2)3)18(21)17-12-11-15-9-6-7-10-16(15)19-17/h14-17,19H,4-13H2,1-3H3. The summed E-state index contributed by atoms with van der Waals surface area (Å²) in [5.74, 6) is 1.18. The highest BCUT2D eigenvalue weighted by molar-refractivity contribution is 5.82. The summed E-state index contributed by atoms with van der Waals surface area (Å²) in [4.78, 5) is 15.0. The van der Waals surface area contributed by atoms with Crippen molar-refractivity contribution in [2.24, 2.45) is 5.92 Å². The van der Waals surface area contributed by atoms with Gasteiger partial charge in [-0.3, -0.25) is 4.79 Å². The lowest BCUT2D eigenvalue weighted by Gasteiger charge is -2.42. The summed E-state index contributed by atoms with van der Waals surface area (Å²) in [6.45, 7) is 7.44. The molecule has 3 heteroatoms. The van der Waals surface area contributed by atoms with Crippen molar-refractivity contribution >= 4 is 5.91 Å². The van der Waals surface area contributed by atoms with E-state index in [1.807, 2.05) is 0 Å². The summed E-state index contributed by atoms with van der Waals surface area (Å²) in [7, 11) is 0. The van der Waals surface area contributed by atoms with Crippen molar-refractivity contribution in [1.82, 2.24) is 10.2 Å². The average molecular weight is 294 g/mol. The zero-order valence-corrected chi connectivity index (χ0v) is 14.2. The molecular formula is C18H34N2O. The van der Waals surface area contributed by atoms with Gasteiger partial charge in [-0.15, -0.1) is 0 Å². The minimum atomic E-state index is 0.0772. The number of carbonyl (C=O) groups is 1. The van der Waals surface area contributed by atoms with Gasteiger partial charge < -0.3 is 10.2 Å². The maximum Gasteiger partial charge on any atom is 0.239 e. The fourth-order valence-corrected chi connectivity index (χ4v) is 4.05. The second-order valence-corrected chi connectivity index (χ2v) is 7.28. The van der Waals surface area contributed by atoms with Crippen molar-refractivity contribution < 1.29 is 4.79 Å². The molecule has 2 rings (SSSR count). The second-order valence-electron chi connectivity index (χ2n) is 7.28. The predicted octanol–water partition coefficient (Wildman–Crippen LogP) is 3.72. The van der Waals surface area contributed by atoms with E-state index in [4.69, 9.17) is 0 Å². The Morgan fingerprint density at radius 3 is 2.62 bits per heavy atom. The molecule has 21 heavy (non-hydrogen) atoms. The summed E-state index contributed by atoms with van der Waals surface area (Å²) in [6.07, 6.45) is 11.2. The van der Waals surface area contributed by atoms with Gasteiger partial charge in [0.15, 0.2) is 0 Å². The molecule has 3 atom stereocenters. The number of nitrogens with one attached hydrogen (secondary N) is 1. The quantitative estimate of drug-likeness (QED) is 0.757. The van der Waals surface area contributed by atoms with E-state index in [9.17, 15) is 4.79 Å². The minimum Gasteiger partial charge on any atom is -0.339 e. The smallest absolute Gasteiger partial charge is 0.239 e. The van der Waals surface area contributed by atoms with Gasteiger partial charge in [-0.1, -0.05) is 32.6 Å². The fourth-order valence-electron chi connectivity index (χ4n) is 4.05. The number of fused-ring (bicyclic) bond motifs is 1. The highest BCUT2D eigenvalue weighted by Crippen LogP contribution is 2.32. The lowest BCUT2D eigenvalue weighted by molar-refractivity contribution is -0.136. The summed E-state index contributed by atoms with van der Waals surface area (Å²) in [5.41, 5.74) is 0. The lowest BCUT2D eigenvalue weighted by Crippen LogP contribution is -2.56. The third-order valence-electron chi connectivity index (χ3n) is 5.36. The molecule has 2 aliphatic rings. The highest BCUT2D eigenvalue weighted by Gasteiger charge is 2.36. The Morgan fingerprint density at radius 1 is 1.14 bits per heavy atom. The molecule has 3 unspecified atom stereocenters. The topological polar surface area (TPSA) is 32.3 Å². The molecule has 2 fully saturated rings. The van der Waals surface area contributed by atoms with Gasteiger partial charge in [0.05, 0.1) is 6.04 Å². The molecule has 0 bridgehead atoms. The number of nitrogens with zero attached hydrogens (tertiary/aromatic N) is 1. The first-order chi connectivity index (χ1) is 10.1. The molecule has 1 saturated heterocycles. The van der Waals surface area contributed by atoms with Crippen LogP contribution in [0.15, 0.2) is 0 Å². The van der Waals surface area contributed by atoms with E-state index >= 15 is 0 Å². The fraction of sp³-hybridized carbons (Fsp3) is 0.944. The van der Waals surface area contributed by atoms with E-state index < -0.39 is 0 Å². The number of hydrogen-bond acceptors (Lipinski definition) is 2. The van der Waals surface area contributed by atoms with E-state index in [1.165, 1.54) is 44.9 Å². The van der Waals surface area contributed by atoms with Crippen LogP contribution in [0.1, 0.15) is 78.6 Å². The highest BCUT2D eigenvalue weighted by atomic mass is 16.2. The van der Waals surface area contributed by atoms with Crippen LogP contribution >= 0.6 is 0 Å². The first-order valence-electron chi connectivity index (χ1n) is 9.20. The van der Waals surface area contributed by atoms with Gasteiger partial charge in [-0.05, 0) is 51.9 Å². The molecule has 122 valence electrons. The van der Waals surface area contributed by atoms with Gasteiger partial charge >= 0.3 is 0 Å². The zero-order chi connectivity index (χ0) is 15.2. The predicted molar refractivity (Wildman–Crippen MR) is 88.3 cm³/mol. The Balaban J connectivity index is 1.90. The van der Waals surface area contributed by atoms with Crippen molar-refractivity contribution in [3.05, 3.63) is 0 Å². The molecule has 0 aromatic heterocycles. The number of unbranched alkanes of at least 4 members (excludes halogenated alkanes) is 2. The normalized spacial score (nSPS) is 29.2. The molecular weight excluding hydrogens is 260 g/mol. The third kappa shape index (κ3) is 4.45. The average Bonchev–Trinajstić information content (AvgIpc) is 2.50. The van der Waals surface area contributed by atoms with E-state index in [1.54, 1.807) is 0 Å². The van der Waals surface area contributed by atoms with Crippen molar-refractivity contribution in [3.63, 3.8) is 0 Å². The summed E-state index contributed by atoms with van der Waals surface area (Å²) in [5, 5.41) is 3.69. The lowest BCUT2D eigenvalue weighted by atomic mass is 9.77. The van der Waals surface area contributed by atoms with Gasteiger partial charge in [0, 0.05) is 18.6 Å². The molecule has 1 heterocycles. The van der Waals surface area contributed by atoms with Crippen LogP contribution in [0.2, 0.25) is 0 Å². The largest absolute Gasteiger partial charge is 0.339 e. The van der Waals surface area contributed by atoms with Gasteiger partial charge in [0.1, 0.15) is 0 Å². The SMILES string of the molecule is CCCCCN(C(=O)C1CCC2CCCCC2N1)C(C)C. The summed E-state index contributed by atoms with van der Waals surface area (Å²) >= 11 is 0. The van der Waals surface area contributed by atoms with Gasteiger partial charge in [-0.2, -0.15) is 0 Å². The summed E-state index contributed by atoms with van der Waals surface area (Å²) in [6, 6.07) is 1.000. The monoisotopic (exact) mass is 294 g/mol. The molecule has 0 spiro atoms. The van der Waals surface area contributed by atoms with E-state index in [0.717, 1.165) is 25.3 Å². The first-order valence-corrected chi connectivity index (χ1v) is 9.20. The van der Waals surface area contributed by atoms with Crippen LogP contribution in [-0.2, 0) is 4.79 Å². The molecule has 1 aliphatic heterocycles. The van der Waals surface area contributed by atoms with Crippen LogP contribution < -0.4 is 5.32 Å². The molecule has 1 aliphatic carbocycles. The van der Waals surface area contributed by atoms with Crippen molar-refractivity contribution in [1.29, 1.82) is 0 Å². The van der Waals surface area contributed by atoms with Gasteiger partial charge in [-0.25, -0.2) is 0 Å². The second kappa shape index (κ2) is 8.17. The van der Waals surface area contributed by atoms with Crippen LogP contribution in [-0.4, -0.2) is 35.5 Å². The number of rotatable bonds is 6. The Labute approximate surface area is 130 Å². The number of amides is 1. The molecule has 1 amide bonds. The van der Waals surface area contributed by atoms with Crippen LogP contribution in [0.3, 0.4) is 0 Å². The van der Waals surface area contributed by atoms with Gasteiger partial charge in [0.25, 0.3) is 0 Å². The number of carbonyl (C=O) groups excluding carboxylic acids is 1. The van der Waals surface area contributed by atoms with E-state index in [-0.39, 0.29) is 6.04 Å². The number of hydrogen-bond donors (Lipinski definition) is 1. The molecule has 1 saturated carbocycles. The maximum absolute atomic E-state index is 12.9. The van der Waals surface area contributed by atoms with E-state index in [2.05, 4.69) is 31.0 Å². The van der Waals surface area contributed by atoms with Crippen LogP contribution in [0.4, 0.5) is 0 Å². The molecule has 1 N–H and O–H groups in total. The Hall–Kier alpha value is -0.570. The van der Waals surface area contributed by atoms with Crippen LogP contribution in [0.5, 0.6) is 0 Å². The molecule has 0 radical (unpaired) electrons. The Morgan fingerprint density at radius 2 is 1.90 bits per heavy atom. The van der Waals surface area contributed by atoms with Crippen LogP contribution in [0, 0.1) is 5.92 Å². The van der Waals surface area contributed by atoms with Crippen molar-refractivity contribution in [2.45, 2.75) is 96.7 Å². The third-order valence-corrected chi connectivity index (χ3v) is 5.36. The molecule has 3 nitrogen and oxygen atoms in total.